The first-order valence-electron chi connectivity index (χ1n) is 8.32. The van der Waals surface area contributed by atoms with Crippen LogP contribution in [0.3, 0.4) is 0 Å². The number of hydrogen-bond acceptors (Lipinski definition) is 3. The summed E-state index contributed by atoms with van der Waals surface area (Å²) in [7, 11) is 0. The largest absolute Gasteiger partial charge is 0.298 e. The average molecular weight is 383 g/mol. The molecule has 0 aliphatic heterocycles. The number of amides is 1. The summed E-state index contributed by atoms with van der Waals surface area (Å²) in [4.78, 5) is 16.6. The molecule has 3 nitrogen and oxygen atoms in total. The Morgan fingerprint density at radius 3 is 2.58 bits per heavy atom. The number of carbonyl (C=O) groups excluding carboxylic acids is 1. The summed E-state index contributed by atoms with van der Waals surface area (Å²) in [6.45, 7) is 4.34. The lowest BCUT2D eigenvalue weighted by Gasteiger charge is -2.05. The Labute approximate surface area is 162 Å². The Balaban J connectivity index is 1.66. The van der Waals surface area contributed by atoms with Crippen LogP contribution in [0.2, 0.25) is 5.02 Å². The van der Waals surface area contributed by atoms with Gasteiger partial charge < -0.3 is 0 Å². The zero-order valence-corrected chi connectivity index (χ0v) is 16.1. The van der Waals surface area contributed by atoms with E-state index in [4.69, 9.17) is 11.6 Å². The molecular weight excluding hydrogens is 364 g/mol. The van der Waals surface area contributed by atoms with Crippen molar-refractivity contribution in [3.8, 4) is 11.3 Å². The molecule has 1 amide bonds. The van der Waals surface area contributed by atoms with Crippen LogP contribution in [0.4, 0.5) is 5.13 Å². The van der Waals surface area contributed by atoms with Crippen molar-refractivity contribution in [3.63, 3.8) is 0 Å². The highest BCUT2D eigenvalue weighted by Gasteiger charge is 2.07. The topological polar surface area (TPSA) is 42.0 Å². The minimum absolute atomic E-state index is 0.235. The lowest BCUT2D eigenvalue weighted by atomic mass is 10.0. The van der Waals surface area contributed by atoms with E-state index < -0.39 is 0 Å². The molecule has 3 rings (SSSR count). The van der Waals surface area contributed by atoms with E-state index in [0.29, 0.717) is 16.1 Å². The molecule has 0 aliphatic rings. The van der Waals surface area contributed by atoms with Crippen LogP contribution in [0.1, 0.15) is 30.9 Å². The summed E-state index contributed by atoms with van der Waals surface area (Å²) < 4.78 is 0. The molecule has 0 fully saturated rings. The number of nitrogens with one attached hydrogen (secondary N) is 1. The van der Waals surface area contributed by atoms with Crippen molar-refractivity contribution in [1.29, 1.82) is 0 Å². The second-order valence-electron chi connectivity index (χ2n) is 6.16. The van der Waals surface area contributed by atoms with Gasteiger partial charge in [0, 0.05) is 22.0 Å². The molecule has 0 saturated carbocycles. The molecule has 0 unspecified atom stereocenters. The van der Waals surface area contributed by atoms with Crippen molar-refractivity contribution in [1.82, 2.24) is 4.98 Å². The quantitative estimate of drug-likeness (QED) is 0.530. The van der Waals surface area contributed by atoms with Crippen LogP contribution in [0.15, 0.2) is 60.0 Å². The fourth-order valence-electron chi connectivity index (χ4n) is 2.43. The highest BCUT2D eigenvalue weighted by Crippen LogP contribution is 2.26. The van der Waals surface area contributed by atoms with Crippen LogP contribution in [0.25, 0.3) is 17.3 Å². The van der Waals surface area contributed by atoms with E-state index in [1.165, 1.54) is 23.0 Å². The summed E-state index contributed by atoms with van der Waals surface area (Å²) in [6.07, 6.45) is 3.15. The van der Waals surface area contributed by atoms with Crippen molar-refractivity contribution >= 4 is 40.1 Å². The normalized spacial score (nSPS) is 11.2. The average Bonchev–Trinajstić information content (AvgIpc) is 3.09. The van der Waals surface area contributed by atoms with Crippen LogP contribution in [0, 0.1) is 0 Å². The van der Waals surface area contributed by atoms with E-state index in [-0.39, 0.29) is 5.91 Å². The molecule has 3 aromatic rings. The van der Waals surface area contributed by atoms with Gasteiger partial charge in [-0.05, 0) is 29.2 Å². The van der Waals surface area contributed by atoms with Gasteiger partial charge in [-0.2, -0.15) is 0 Å². The molecule has 26 heavy (non-hydrogen) atoms. The summed E-state index contributed by atoms with van der Waals surface area (Å²) >= 11 is 7.48. The van der Waals surface area contributed by atoms with E-state index in [9.17, 15) is 4.79 Å². The number of rotatable bonds is 5. The first-order valence-corrected chi connectivity index (χ1v) is 9.58. The first-order chi connectivity index (χ1) is 12.5. The number of carbonyl (C=O) groups is 1. The fourth-order valence-corrected chi connectivity index (χ4v) is 3.35. The number of benzene rings is 2. The van der Waals surface area contributed by atoms with Crippen LogP contribution >= 0.6 is 22.9 Å². The minimum atomic E-state index is -0.235. The molecule has 1 aromatic heterocycles. The van der Waals surface area contributed by atoms with Crippen molar-refractivity contribution in [2.45, 2.75) is 19.8 Å². The molecule has 0 aliphatic carbocycles. The SMILES string of the molecule is CC(C)c1ccc(-c2csc(NC(=O)/C=C/c3ccccc3Cl)n2)cc1. The molecule has 5 heteroatoms. The Morgan fingerprint density at radius 2 is 1.88 bits per heavy atom. The number of aromatic nitrogens is 1. The third kappa shape index (κ3) is 4.59. The van der Waals surface area contributed by atoms with E-state index in [2.05, 4.69) is 48.4 Å². The third-order valence-electron chi connectivity index (χ3n) is 3.93. The Hall–Kier alpha value is -2.43. The Morgan fingerprint density at radius 1 is 1.15 bits per heavy atom. The predicted octanol–water partition coefficient (Wildman–Crippen LogP) is 6.24. The standard InChI is InChI=1S/C21H19ClN2OS/c1-14(2)15-7-9-17(10-8-15)19-13-26-21(23-19)24-20(25)12-11-16-5-3-4-6-18(16)22/h3-14H,1-2H3,(H,23,24,25)/b12-11+. The second-order valence-corrected chi connectivity index (χ2v) is 7.42. The lowest BCUT2D eigenvalue weighted by molar-refractivity contribution is -0.111. The van der Waals surface area contributed by atoms with Gasteiger partial charge in [-0.1, -0.05) is 67.9 Å². The van der Waals surface area contributed by atoms with Gasteiger partial charge in [0.2, 0.25) is 5.91 Å². The Bertz CT molecular complexity index is 929. The highest BCUT2D eigenvalue weighted by atomic mass is 35.5. The van der Waals surface area contributed by atoms with E-state index >= 15 is 0 Å². The van der Waals surface area contributed by atoms with Gasteiger partial charge in [0.15, 0.2) is 5.13 Å². The van der Waals surface area contributed by atoms with Crippen molar-refractivity contribution in [2.75, 3.05) is 5.32 Å². The predicted molar refractivity (Wildman–Crippen MR) is 111 cm³/mol. The molecule has 132 valence electrons. The van der Waals surface area contributed by atoms with Crippen LogP contribution < -0.4 is 5.32 Å². The van der Waals surface area contributed by atoms with Gasteiger partial charge in [0.05, 0.1) is 5.69 Å². The van der Waals surface area contributed by atoms with Gasteiger partial charge in [0.1, 0.15) is 0 Å². The van der Waals surface area contributed by atoms with Crippen molar-refractivity contribution in [2.24, 2.45) is 0 Å². The maximum Gasteiger partial charge on any atom is 0.250 e. The number of nitrogens with zero attached hydrogens (tertiary/aromatic N) is 1. The highest BCUT2D eigenvalue weighted by molar-refractivity contribution is 7.14. The summed E-state index contributed by atoms with van der Waals surface area (Å²) in [5.41, 5.74) is 3.99. The van der Waals surface area contributed by atoms with Crippen molar-refractivity contribution in [3.05, 3.63) is 76.1 Å². The molecule has 1 N–H and O–H groups in total. The van der Waals surface area contributed by atoms with E-state index in [1.54, 1.807) is 12.1 Å². The molecule has 0 spiro atoms. The second kappa shape index (κ2) is 8.30. The zero-order chi connectivity index (χ0) is 18.5. The molecule has 0 saturated heterocycles. The fraction of sp³-hybridized carbons (Fsp3) is 0.143. The minimum Gasteiger partial charge on any atom is -0.298 e. The third-order valence-corrected chi connectivity index (χ3v) is 5.03. The molecular formula is C21H19ClN2OS. The van der Waals surface area contributed by atoms with Gasteiger partial charge in [0.25, 0.3) is 0 Å². The first kappa shape index (κ1) is 18.4. The molecule has 1 heterocycles. The van der Waals surface area contributed by atoms with Crippen LogP contribution in [-0.4, -0.2) is 10.9 Å². The van der Waals surface area contributed by atoms with Crippen LogP contribution in [0.5, 0.6) is 0 Å². The number of anilines is 1. The maximum atomic E-state index is 12.1. The van der Waals surface area contributed by atoms with E-state index in [1.807, 2.05) is 23.6 Å². The number of halogens is 1. The summed E-state index contributed by atoms with van der Waals surface area (Å²) in [5.74, 6) is 0.264. The summed E-state index contributed by atoms with van der Waals surface area (Å²) in [5, 5.41) is 5.91. The van der Waals surface area contributed by atoms with Gasteiger partial charge in [-0.25, -0.2) is 4.98 Å². The number of thiazole rings is 1. The lowest BCUT2D eigenvalue weighted by Crippen LogP contribution is -2.07. The van der Waals surface area contributed by atoms with E-state index in [0.717, 1.165) is 16.8 Å². The molecule has 0 radical (unpaired) electrons. The van der Waals surface area contributed by atoms with Gasteiger partial charge in [-0.15, -0.1) is 11.3 Å². The Kier molecular flexibility index (Phi) is 5.86. The molecule has 2 aromatic carbocycles. The zero-order valence-electron chi connectivity index (χ0n) is 14.6. The molecule has 0 bridgehead atoms. The monoisotopic (exact) mass is 382 g/mol. The number of hydrogen-bond donors (Lipinski definition) is 1. The smallest absolute Gasteiger partial charge is 0.250 e. The maximum absolute atomic E-state index is 12.1. The summed E-state index contributed by atoms with van der Waals surface area (Å²) in [6, 6.07) is 15.7. The van der Waals surface area contributed by atoms with Gasteiger partial charge >= 0.3 is 0 Å². The van der Waals surface area contributed by atoms with Crippen LogP contribution in [-0.2, 0) is 4.79 Å². The van der Waals surface area contributed by atoms with Crippen molar-refractivity contribution < 1.29 is 4.79 Å². The van der Waals surface area contributed by atoms with Gasteiger partial charge in [-0.3, -0.25) is 10.1 Å². The molecule has 0 atom stereocenters.